The van der Waals surface area contributed by atoms with Crippen molar-refractivity contribution in [2.75, 3.05) is 0 Å². The molecule has 63 heavy (non-hydrogen) atoms. The molecular weight excluding hydrogens is 777 g/mol. The van der Waals surface area contributed by atoms with Gasteiger partial charge in [-0.15, -0.1) is 0 Å². The Morgan fingerprint density at radius 2 is 0.698 bits per heavy atom. The summed E-state index contributed by atoms with van der Waals surface area (Å²) in [5.74, 6) is 0. The van der Waals surface area contributed by atoms with E-state index in [0.29, 0.717) is 0 Å². The fourth-order valence-corrected chi connectivity index (χ4v) is 15.4. The van der Waals surface area contributed by atoms with Crippen LogP contribution in [-0.2, 0) is 0 Å². The first-order chi connectivity index (χ1) is 31.3. The van der Waals surface area contributed by atoms with E-state index >= 15 is 0 Å². The maximum Gasteiger partial charge on any atom is 0.181 e. The highest BCUT2D eigenvalue weighted by atomic mass is 28.3. The van der Waals surface area contributed by atoms with Crippen molar-refractivity contribution in [3.8, 4) is 33.6 Å². The second-order valence-corrected chi connectivity index (χ2v) is 20.2. The predicted octanol–water partition coefficient (Wildman–Crippen LogP) is 12.6. The number of hydrogen-bond acceptors (Lipinski definition) is 0. The lowest BCUT2D eigenvalue weighted by atomic mass is 10.00. The lowest BCUT2D eigenvalue weighted by molar-refractivity contribution is 1.13. The third kappa shape index (κ3) is 5.78. The van der Waals surface area contributed by atoms with Gasteiger partial charge in [-0.2, -0.15) is 0 Å². The van der Waals surface area contributed by atoms with E-state index in [1.165, 1.54) is 86.6 Å². The van der Waals surface area contributed by atoms with Gasteiger partial charge >= 0.3 is 0 Å². The van der Waals surface area contributed by atoms with Crippen LogP contribution in [0.2, 0.25) is 0 Å². The molecule has 12 aromatic rings. The summed E-state index contributed by atoms with van der Waals surface area (Å²) in [4.78, 5) is 0. The van der Waals surface area contributed by atoms with Crippen LogP contribution in [0.15, 0.2) is 255 Å². The van der Waals surface area contributed by atoms with Crippen molar-refractivity contribution in [1.82, 2.24) is 9.13 Å². The molecule has 12 rings (SSSR count). The Balaban J connectivity index is 1.29. The van der Waals surface area contributed by atoms with E-state index < -0.39 is 8.07 Å². The topological polar surface area (TPSA) is 9.86 Å². The van der Waals surface area contributed by atoms with Gasteiger partial charge in [-0.25, -0.2) is 0 Å². The summed E-state index contributed by atoms with van der Waals surface area (Å²) in [6.45, 7) is 0. The third-order valence-corrected chi connectivity index (χ3v) is 17.9. The van der Waals surface area contributed by atoms with E-state index in [1.54, 1.807) is 0 Å². The quantitative estimate of drug-likeness (QED) is 0.107. The molecule has 10 aromatic carbocycles. The normalized spacial score (nSPS) is 11.8. The van der Waals surface area contributed by atoms with Crippen molar-refractivity contribution in [3.63, 3.8) is 0 Å². The average Bonchev–Trinajstić information content (AvgIpc) is 3.89. The Labute approximate surface area is 368 Å². The summed E-state index contributed by atoms with van der Waals surface area (Å²) in [5.41, 5.74) is 11.8. The molecule has 0 saturated heterocycles. The molecule has 0 saturated carbocycles. The summed E-state index contributed by atoms with van der Waals surface area (Å²) in [7, 11) is -3.03. The highest BCUT2D eigenvalue weighted by Crippen LogP contribution is 2.44. The number of para-hydroxylation sites is 3. The Bertz CT molecular complexity index is 3480. The van der Waals surface area contributed by atoms with Gasteiger partial charge in [0.15, 0.2) is 8.07 Å². The summed E-state index contributed by atoms with van der Waals surface area (Å²) < 4.78 is 5.16. The van der Waals surface area contributed by atoms with Gasteiger partial charge < -0.3 is 9.13 Å². The minimum Gasteiger partial charge on any atom is -0.307 e. The molecule has 0 spiro atoms. The molecule has 3 heteroatoms. The van der Waals surface area contributed by atoms with E-state index in [-0.39, 0.29) is 0 Å². The van der Waals surface area contributed by atoms with E-state index in [2.05, 4.69) is 264 Å². The zero-order valence-electron chi connectivity index (χ0n) is 34.6. The first kappa shape index (κ1) is 36.8. The zero-order chi connectivity index (χ0) is 41.7. The number of fused-ring (bicyclic) bond motifs is 6. The molecule has 0 aliphatic carbocycles. The molecule has 2 aromatic heterocycles. The first-order valence-corrected chi connectivity index (χ1v) is 23.8. The van der Waals surface area contributed by atoms with E-state index in [1.807, 2.05) is 0 Å². The number of nitrogens with zero attached hydrogens (tertiary/aromatic N) is 2. The summed E-state index contributed by atoms with van der Waals surface area (Å²) in [6, 6.07) is 94.4. The van der Waals surface area contributed by atoms with E-state index in [0.717, 1.165) is 11.4 Å². The molecule has 0 unspecified atom stereocenters. The Hall–Kier alpha value is -7.98. The minimum absolute atomic E-state index is 1.12. The molecule has 0 fully saturated rings. The van der Waals surface area contributed by atoms with Crippen molar-refractivity contribution in [1.29, 1.82) is 0 Å². The number of benzene rings is 10. The fraction of sp³-hybridized carbons (Fsp3) is 0. The Kier molecular flexibility index (Phi) is 8.87. The second-order valence-electron chi connectivity index (χ2n) is 16.4. The van der Waals surface area contributed by atoms with Crippen LogP contribution in [0.25, 0.3) is 77.2 Å². The molecule has 0 atom stereocenters. The van der Waals surface area contributed by atoms with Crippen LogP contribution in [0, 0.1) is 0 Å². The van der Waals surface area contributed by atoms with Gasteiger partial charge in [0.25, 0.3) is 0 Å². The summed E-state index contributed by atoms with van der Waals surface area (Å²) in [6.07, 6.45) is 0. The monoisotopic (exact) mass is 818 g/mol. The van der Waals surface area contributed by atoms with Crippen LogP contribution in [0.1, 0.15) is 0 Å². The molecular formula is C60H42N2Si. The molecule has 296 valence electrons. The summed E-state index contributed by atoms with van der Waals surface area (Å²) in [5, 5.41) is 10.3. The summed E-state index contributed by atoms with van der Waals surface area (Å²) >= 11 is 0. The second kappa shape index (κ2) is 15.2. The van der Waals surface area contributed by atoms with Crippen molar-refractivity contribution in [2.24, 2.45) is 0 Å². The molecule has 0 N–H and O–H groups in total. The lowest BCUT2D eigenvalue weighted by Gasteiger charge is -2.35. The van der Waals surface area contributed by atoms with Gasteiger partial charge in [-0.3, -0.25) is 0 Å². The van der Waals surface area contributed by atoms with E-state index in [9.17, 15) is 0 Å². The third-order valence-electron chi connectivity index (χ3n) is 13.1. The van der Waals surface area contributed by atoms with Gasteiger partial charge in [0.05, 0.1) is 27.8 Å². The molecule has 0 aliphatic heterocycles. The number of aromatic nitrogens is 2. The van der Waals surface area contributed by atoms with Crippen molar-refractivity contribution in [2.45, 2.75) is 0 Å². The van der Waals surface area contributed by atoms with Gasteiger partial charge in [0, 0.05) is 32.8 Å². The molecule has 0 bridgehead atoms. The van der Waals surface area contributed by atoms with Gasteiger partial charge in [0.2, 0.25) is 0 Å². The van der Waals surface area contributed by atoms with Gasteiger partial charge in [0.1, 0.15) is 0 Å². The Morgan fingerprint density at radius 3 is 1.25 bits per heavy atom. The Morgan fingerprint density at radius 1 is 0.270 bits per heavy atom. The predicted molar refractivity (Wildman–Crippen MR) is 270 cm³/mol. The maximum absolute atomic E-state index is 3.03. The molecule has 0 radical (unpaired) electrons. The maximum atomic E-state index is 2.65. The molecule has 2 heterocycles. The van der Waals surface area contributed by atoms with Crippen molar-refractivity contribution < 1.29 is 0 Å². The molecule has 0 amide bonds. The average molecular weight is 819 g/mol. The van der Waals surface area contributed by atoms with Crippen molar-refractivity contribution >= 4 is 72.4 Å². The standard InChI is InChI=1S/C60H42N2Si/c1-6-21-43(22-7-1)44-37-39-46(40-38-44)61-55-34-18-16-32-52(55)54-42-41-50(45-23-8-2-9-24-45)59(60(54)61)62-56-35-19-17-31-51(56)53-33-20-36-57(58(53)62)63(47-25-10-3-11-26-47,48-27-12-4-13-28-48)49-29-14-5-15-30-49/h1-42H. The van der Waals surface area contributed by atoms with Crippen LogP contribution in [0.5, 0.6) is 0 Å². The lowest BCUT2D eigenvalue weighted by Crippen LogP contribution is -2.75. The zero-order valence-corrected chi connectivity index (χ0v) is 35.6. The van der Waals surface area contributed by atoms with E-state index in [4.69, 9.17) is 0 Å². The van der Waals surface area contributed by atoms with Gasteiger partial charge in [-0.05, 0) is 61.7 Å². The largest absolute Gasteiger partial charge is 0.307 e. The van der Waals surface area contributed by atoms with Crippen LogP contribution >= 0.6 is 0 Å². The highest BCUT2D eigenvalue weighted by Gasteiger charge is 2.43. The van der Waals surface area contributed by atoms with Crippen LogP contribution < -0.4 is 20.7 Å². The molecule has 0 aliphatic rings. The smallest absolute Gasteiger partial charge is 0.181 e. The fourth-order valence-electron chi connectivity index (χ4n) is 10.4. The van der Waals surface area contributed by atoms with Crippen LogP contribution in [0.3, 0.4) is 0 Å². The van der Waals surface area contributed by atoms with Crippen LogP contribution in [0.4, 0.5) is 0 Å². The highest BCUT2D eigenvalue weighted by molar-refractivity contribution is 7.20. The number of hydrogen-bond donors (Lipinski definition) is 0. The first-order valence-electron chi connectivity index (χ1n) is 21.8. The number of rotatable bonds is 8. The van der Waals surface area contributed by atoms with Gasteiger partial charge in [-0.1, -0.05) is 231 Å². The van der Waals surface area contributed by atoms with Crippen molar-refractivity contribution in [3.05, 3.63) is 255 Å². The minimum atomic E-state index is -3.03. The van der Waals surface area contributed by atoms with Crippen LogP contribution in [-0.4, -0.2) is 17.2 Å². The SMILES string of the molecule is c1ccc(-c2ccc(-n3c4ccccc4c4ccc(-c5ccccc5)c(-n5c6ccccc6c6cccc([Si](c7ccccc7)(c7ccccc7)c7ccccc7)c65)c43)cc2)cc1. The molecule has 2 nitrogen and oxygen atoms in total.